The van der Waals surface area contributed by atoms with Crippen molar-refractivity contribution in [1.82, 2.24) is 10.2 Å². The molecule has 1 aromatic rings. The summed E-state index contributed by atoms with van der Waals surface area (Å²) in [7, 11) is 1.70. The number of halogens is 4. The first-order valence-corrected chi connectivity index (χ1v) is 8.09. The van der Waals surface area contributed by atoms with Gasteiger partial charge in [-0.1, -0.05) is 12.1 Å². The topological polar surface area (TPSA) is 41.6 Å². The van der Waals surface area contributed by atoms with Gasteiger partial charge in [0.1, 0.15) is 5.75 Å². The lowest BCUT2D eigenvalue weighted by molar-refractivity contribution is -0.274. The Morgan fingerprint density at radius 2 is 2.04 bits per heavy atom. The maximum Gasteiger partial charge on any atom is 0.573 e. The molecule has 1 unspecified atom stereocenters. The van der Waals surface area contributed by atoms with E-state index >= 15 is 0 Å². The van der Waals surface area contributed by atoms with Crippen LogP contribution in [0, 0.1) is 11.3 Å². The highest BCUT2D eigenvalue weighted by molar-refractivity contribution is 5.85. The lowest BCUT2D eigenvalue weighted by Gasteiger charge is -2.25. The molecule has 1 aliphatic carbocycles. The highest BCUT2D eigenvalue weighted by atomic mass is 35.5. The lowest BCUT2D eigenvalue weighted by Crippen LogP contribution is -2.34. The molecule has 2 aliphatic rings. The van der Waals surface area contributed by atoms with E-state index in [0.717, 1.165) is 32.4 Å². The second kappa shape index (κ2) is 7.41. The molecule has 0 radical (unpaired) electrons. The summed E-state index contributed by atoms with van der Waals surface area (Å²) < 4.78 is 40.8. The molecule has 2 fully saturated rings. The highest BCUT2D eigenvalue weighted by Gasteiger charge is 2.58. The smallest absolute Gasteiger partial charge is 0.406 e. The van der Waals surface area contributed by atoms with E-state index in [1.54, 1.807) is 18.0 Å². The van der Waals surface area contributed by atoms with Crippen molar-refractivity contribution in [2.24, 2.45) is 11.3 Å². The van der Waals surface area contributed by atoms with Gasteiger partial charge in [0, 0.05) is 19.5 Å². The Bertz CT molecular complexity index is 618. The van der Waals surface area contributed by atoms with Crippen LogP contribution in [0.2, 0.25) is 0 Å². The van der Waals surface area contributed by atoms with Crippen LogP contribution in [-0.4, -0.2) is 37.3 Å². The number of rotatable bonds is 4. The number of nitrogens with one attached hydrogen (secondary N) is 1. The molecule has 4 nitrogen and oxygen atoms in total. The predicted octanol–water partition coefficient (Wildman–Crippen LogP) is 3.36. The van der Waals surface area contributed by atoms with Gasteiger partial charge in [0.25, 0.3) is 0 Å². The van der Waals surface area contributed by atoms with Gasteiger partial charge in [-0.3, -0.25) is 4.79 Å². The molecule has 0 aromatic heterocycles. The standard InChI is InChI=1S/C17H21F3N2O2.ClH/c1-22(15(23)14-10-16(14)5-7-21-8-6-16)11-12-3-2-4-13(9-12)24-17(18,19)20;/h2-4,9,14,21H,5-8,10-11H2,1H3;1H. The van der Waals surface area contributed by atoms with Gasteiger partial charge in [0.15, 0.2) is 0 Å². The zero-order valence-electron chi connectivity index (χ0n) is 13.9. The Morgan fingerprint density at radius 1 is 1.36 bits per heavy atom. The van der Waals surface area contributed by atoms with Gasteiger partial charge in [0.05, 0.1) is 0 Å². The number of nitrogens with zero attached hydrogens (tertiary/aromatic N) is 1. The summed E-state index contributed by atoms with van der Waals surface area (Å²) in [4.78, 5) is 14.2. The van der Waals surface area contributed by atoms with E-state index in [1.807, 2.05) is 0 Å². The van der Waals surface area contributed by atoms with Gasteiger partial charge in [0.2, 0.25) is 5.91 Å². The number of hydrogen-bond acceptors (Lipinski definition) is 3. The van der Waals surface area contributed by atoms with Crippen LogP contribution in [0.1, 0.15) is 24.8 Å². The Morgan fingerprint density at radius 3 is 2.68 bits per heavy atom. The minimum absolute atomic E-state index is 0. The summed E-state index contributed by atoms with van der Waals surface area (Å²) in [6.45, 7) is 2.17. The van der Waals surface area contributed by atoms with Gasteiger partial charge in [-0.05, 0) is 55.5 Å². The Kier molecular flexibility index (Phi) is 5.89. The molecule has 1 aromatic carbocycles. The fourth-order valence-corrected chi connectivity index (χ4v) is 3.63. The first-order chi connectivity index (χ1) is 11.3. The van der Waals surface area contributed by atoms with Gasteiger partial charge < -0.3 is 15.0 Å². The third kappa shape index (κ3) is 4.79. The third-order valence-electron chi connectivity index (χ3n) is 5.02. The number of amides is 1. The Hall–Kier alpha value is -1.47. The zero-order chi connectivity index (χ0) is 17.4. The quantitative estimate of drug-likeness (QED) is 0.873. The van der Waals surface area contributed by atoms with Gasteiger partial charge in [-0.2, -0.15) is 0 Å². The minimum atomic E-state index is -4.71. The first-order valence-electron chi connectivity index (χ1n) is 8.09. The van der Waals surface area contributed by atoms with Crippen molar-refractivity contribution in [3.63, 3.8) is 0 Å². The summed E-state index contributed by atoms with van der Waals surface area (Å²) in [5, 5.41) is 3.30. The van der Waals surface area contributed by atoms with E-state index in [2.05, 4.69) is 10.1 Å². The highest BCUT2D eigenvalue weighted by Crippen LogP contribution is 2.59. The maximum atomic E-state index is 12.6. The van der Waals surface area contributed by atoms with Crippen molar-refractivity contribution in [2.75, 3.05) is 20.1 Å². The minimum Gasteiger partial charge on any atom is -0.406 e. The molecule has 0 bridgehead atoms. The number of alkyl halides is 3. The average Bonchev–Trinajstić information content (AvgIpc) is 3.19. The van der Waals surface area contributed by atoms with Crippen LogP contribution >= 0.6 is 12.4 Å². The largest absolute Gasteiger partial charge is 0.573 e. The van der Waals surface area contributed by atoms with Crippen LogP contribution in [0.25, 0.3) is 0 Å². The van der Waals surface area contributed by atoms with Crippen LogP contribution in [-0.2, 0) is 11.3 Å². The van der Waals surface area contributed by atoms with E-state index in [1.165, 1.54) is 18.2 Å². The van der Waals surface area contributed by atoms with Gasteiger partial charge in [-0.15, -0.1) is 25.6 Å². The van der Waals surface area contributed by atoms with Crippen molar-refractivity contribution in [3.05, 3.63) is 29.8 Å². The Labute approximate surface area is 151 Å². The molecule has 140 valence electrons. The van der Waals surface area contributed by atoms with Crippen molar-refractivity contribution < 1.29 is 22.7 Å². The predicted molar refractivity (Wildman–Crippen MR) is 89.5 cm³/mol. The van der Waals surface area contributed by atoms with Crippen molar-refractivity contribution in [2.45, 2.75) is 32.2 Å². The van der Waals surface area contributed by atoms with E-state index < -0.39 is 6.36 Å². The molecule has 1 heterocycles. The fraction of sp³-hybridized carbons (Fsp3) is 0.588. The fourth-order valence-electron chi connectivity index (χ4n) is 3.63. The molecular formula is C17H22ClF3N2O2. The van der Waals surface area contributed by atoms with E-state index in [0.29, 0.717) is 5.56 Å². The molecule has 1 spiro atoms. The number of benzene rings is 1. The number of carbonyl (C=O) groups is 1. The van der Waals surface area contributed by atoms with Crippen molar-refractivity contribution >= 4 is 18.3 Å². The molecule has 1 atom stereocenters. The van der Waals surface area contributed by atoms with Crippen molar-refractivity contribution in [3.8, 4) is 5.75 Å². The zero-order valence-corrected chi connectivity index (χ0v) is 14.8. The summed E-state index contributed by atoms with van der Waals surface area (Å²) in [5.74, 6) is -0.125. The number of hydrogen-bond donors (Lipinski definition) is 1. The monoisotopic (exact) mass is 378 g/mol. The number of ether oxygens (including phenoxy) is 1. The normalized spacial score (nSPS) is 21.4. The molecular weight excluding hydrogens is 357 g/mol. The van der Waals surface area contributed by atoms with Crippen LogP contribution < -0.4 is 10.1 Å². The van der Waals surface area contributed by atoms with Crippen LogP contribution in [0.3, 0.4) is 0 Å². The van der Waals surface area contributed by atoms with E-state index in [-0.39, 0.29) is 41.9 Å². The molecule has 3 rings (SSSR count). The van der Waals surface area contributed by atoms with E-state index in [9.17, 15) is 18.0 Å². The van der Waals surface area contributed by atoms with E-state index in [4.69, 9.17) is 0 Å². The molecule has 1 amide bonds. The number of carbonyl (C=O) groups excluding carboxylic acids is 1. The van der Waals surface area contributed by atoms with Gasteiger partial charge >= 0.3 is 6.36 Å². The summed E-state index contributed by atoms with van der Waals surface area (Å²) in [6, 6.07) is 5.77. The molecule has 1 aliphatic heterocycles. The SMILES string of the molecule is CN(Cc1cccc(OC(F)(F)F)c1)C(=O)C1CC12CCNCC2.Cl. The molecule has 1 N–H and O–H groups in total. The molecule has 8 heteroatoms. The maximum absolute atomic E-state index is 12.6. The summed E-state index contributed by atoms with van der Waals surface area (Å²) in [5.41, 5.74) is 0.769. The molecule has 1 saturated heterocycles. The first kappa shape index (κ1) is 19.8. The summed E-state index contributed by atoms with van der Waals surface area (Å²) in [6.07, 6.45) is -1.75. The third-order valence-corrected chi connectivity index (χ3v) is 5.02. The van der Waals surface area contributed by atoms with Crippen LogP contribution in [0.4, 0.5) is 13.2 Å². The van der Waals surface area contributed by atoms with Crippen molar-refractivity contribution in [1.29, 1.82) is 0 Å². The second-order valence-corrected chi connectivity index (χ2v) is 6.76. The second-order valence-electron chi connectivity index (χ2n) is 6.76. The Balaban J connectivity index is 0.00000225. The van der Waals surface area contributed by atoms with Crippen LogP contribution in [0.15, 0.2) is 24.3 Å². The number of piperidine rings is 1. The average molecular weight is 379 g/mol. The lowest BCUT2D eigenvalue weighted by atomic mass is 9.91. The molecule has 25 heavy (non-hydrogen) atoms. The van der Waals surface area contributed by atoms with Crippen LogP contribution in [0.5, 0.6) is 5.75 Å². The summed E-state index contributed by atoms with van der Waals surface area (Å²) >= 11 is 0. The van der Waals surface area contributed by atoms with Gasteiger partial charge in [-0.25, -0.2) is 0 Å². The molecule has 1 saturated carbocycles.